The van der Waals surface area contributed by atoms with E-state index in [4.69, 9.17) is 11.6 Å². The number of amides is 1. The van der Waals surface area contributed by atoms with E-state index in [2.05, 4.69) is 57.6 Å². The highest BCUT2D eigenvalue weighted by atomic mass is 35.5. The average molecular weight is 454 g/mol. The number of nitrogens with zero attached hydrogens (tertiary/aromatic N) is 2. The van der Waals surface area contributed by atoms with Gasteiger partial charge in [0.2, 0.25) is 5.91 Å². The highest BCUT2D eigenvalue weighted by Crippen LogP contribution is 2.44. The van der Waals surface area contributed by atoms with E-state index >= 15 is 0 Å². The minimum atomic E-state index is -0.474. The largest absolute Gasteiger partial charge is 0.339 e. The van der Waals surface area contributed by atoms with Gasteiger partial charge in [-0.2, -0.15) is 0 Å². The molecule has 1 atom stereocenters. The lowest BCUT2D eigenvalue weighted by molar-refractivity contribution is -0.125. The summed E-state index contributed by atoms with van der Waals surface area (Å²) in [6.45, 7) is 2.38. The van der Waals surface area contributed by atoms with E-state index in [1.807, 2.05) is 18.2 Å². The second-order valence-corrected chi connectivity index (χ2v) is 9.16. The molecule has 3 aromatic carbocycles. The molecule has 3 aromatic rings. The lowest BCUT2D eigenvalue weighted by Crippen LogP contribution is -2.56. The Hall–Kier alpha value is -2.27. The van der Waals surface area contributed by atoms with Crippen LogP contribution in [0.1, 0.15) is 30.0 Å². The molecule has 0 bridgehead atoms. The van der Waals surface area contributed by atoms with Crippen molar-refractivity contribution in [2.75, 3.05) is 24.7 Å². The molecule has 1 unspecified atom stereocenters. The number of anilines is 1. The Balaban J connectivity index is 0.00000204. The molecule has 1 N–H and O–H groups in total. The van der Waals surface area contributed by atoms with Crippen LogP contribution in [0.5, 0.6) is 0 Å². The summed E-state index contributed by atoms with van der Waals surface area (Å²) in [5.74, 6) is 0.152. The lowest BCUT2D eigenvalue weighted by Gasteiger charge is -2.45. The summed E-state index contributed by atoms with van der Waals surface area (Å²) in [7, 11) is 0. The summed E-state index contributed by atoms with van der Waals surface area (Å²) in [6.07, 6.45) is 2.72. The van der Waals surface area contributed by atoms with E-state index in [1.165, 1.54) is 21.9 Å². The van der Waals surface area contributed by atoms with E-state index in [0.717, 1.165) is 38.0 Å². The zero-order valence-electron chi connectivity index (χ0n) is 17.2. The van der Waals surface area contributed by atoms with Crippen LogP contribution in [0.3, 0.4) is 0 Å². The summed E-state index contributed by atoms with van der Waals surface area (Å²) in [5.41, 5.74) is 3.44. The number of benzene rings is 3. The maximum absolute atomic E-state index is 13.0. The molecule has 160 valence electrons. The zero-order chi connectivity index (χ0) is 20.3. The number of halogens is 2. The smallest absolute Gasteiger partial charge is 0.247 e. The first-order valence-corrected chi connectivity index (χ1v) is 11.1. The van der Waals surface area contributed by atoms with Crippen LogP contribution in [0.2, 0.25) is 5.02 Å². The molecule has 2 heterocycles. The SMILES string of the molecule is Cl.O=C1NCN(c2cccc(Cl)c2)C12CCN(C1Cc3cccc4cccc1c34)CC2. The van der Waals surface area contributed by atoms with Crippen LogP contribution in [-0.2, 0) is 11.2 Å². The predicted molar refractivity (Wildman–Crippen MR) is 128 cm³/mol. The summed E-state index contributed by atoms with van der Waals surface area (Å²) in [5, 5.41) is 6.56. The highest BCUT2D eigenvalue weighted by Gasteiger charge is 2.51. The van der Waals surface area contributed by atoms with Gasteiger partial charge in [-0.15, -0.1) is 12.4 Å². The van der Waals surface area contributed by atoms with E-state index < -0.39 is 5.54 Å². The summed E-state index contributed by atoms with van der Waals surface area (Å²) >= 11 is 6.24. The van der Waals surface area contributed by atoms with Gasteiger partial charge in [-0.25, -0.2) is 0 Å². The number of likely N-dealkylation sites (tertiary alicyclic amines) is 1. The third kappa shape index (κ3) is 3.12. The van der Waals surface area contributed by atoms with E-state index in [1.54, 1.807) is 0 Å². The molecule has 1 amide bonds. The van der Waals surface area contributed by atoms with Crippen molar-refractivity contribution in [1.29, 1.82) is 0 Å². The topological polar surface area (TPSA) is 35.6 Å². The lowest BCUT2D eigenvalue weighted by atomic mass is 9.84. The van der Waals surface area contributed by atoms with Gasteiger partial charge in [0.1, 0.15) is 5.54 Å². The molecule has 4 nitrogen and oxygen atoms in total. The van der Waals surface area contributed by atoms with Crippen LogP contribution in [0.15, 0.2) is 60.7 Å². The number of carbonyl (C=O) groups is 1. The first-order chi connectivity index (χ1) is 14.7. The predicted octanol–water partition coefficient (Wildman–Crippen LogP) is 4.94. The second kappa shape index (κ2) is 7.70. The molecular formula is C25H25Cl2N3O. The Morgan fingerprint density at radius 3 is 2.52 bits per heavy atom. The first-order valence-electron chi connectivity index (χ1n) is 10.7. The van der Waals surface area contributed by atoms with Gasteiger partial charge in [0, 0.05) is 29.8 Å². The minimum Gasteiger partial charge on any atom is -0.339 e. The van der Waals surface area contributed by atoms with Gasteiger partial charge in [0.05, 0.1) is 6.67 Å². The molecule has 31 heavy (non-hydrogen) atoms. The molecule has 1 spiro atoms. The quantitative estimate of drug-likeness (QED) is 0.596. The molecule has 1 aliphatic carbocycles. The van der Waals surface area contributed by atoms with Crippen molar-refractivity contribution in [2.24, 2.45) is 0 Å². The average Bonchev–Trinajstić information content (AvgIpc) is 3.29. The van der Waals surface area contributed by atoms with Crippen LogP contribution in [-0.4, -0.2) is 36.1 Å². The van der Waals surface area contributed by atoms with Crippen molar-refractivity contribution in [3.63, 3.8) is 0 Å². The number of hydrogen-bond donors (Lipinski definition) is 1. The van der Waals surface area contributed by atoms with Crippen LogP contribution in [0.25, 0.3) is 10.8 Å². The number of piperidine rings is 1. The summed E-state index contributed by atoms with van der Waals surface area (Å²) in [4.78, 5) is 17.8. The summed E-state index contributed by atoms with van der Waals surface area (Å²) in [6, 6.07) is 21.6. The Bertz CT molecular complexity index is 1150. The van der Waals surface area contributed by atoms with Gasteiger partial charge in [-0.1, -0.05) is 54.1 Å². The first kappa shape index (κ1) is 20.6. The maximum atomic E-state index is 13.0. The molecular weight excluding hydrogens is 429 g/mol. The number of carbonyl (C=O) groups excluding carboxylic acids is 1. The van der Waals surface area contributed by atoms with Crippen LogP contribution in [0.4, 0.5) is 5.69 Å². The third-order valence-corrected chi connectivity index (χ3v) is 7.55. The van der Waals surface area contributed by atoms with Crippen molar-refractivity contribution < 1.29 is 4.79 Å². The van der Waals surface area contributed by atoms with Crippen molar-refractivity contribution in [3.8, 4) is 0 Å². The molecule has 2 aliphatic heterocycles. The van der Waals surface area contributed by atoms with Crippen LogP contribution < -0.4 is 10.2 Å². The molecule has 0 radical (unpaired) electrons. The molecule has 2 saturated heterocycles. The Morgan fingerprint density at radius 2 is 1.74 bits per heavy atom. The van der Waals surface area contributed by atoms with Crippen molar-refractivity contribution in [2.45, 2.75) is 30.8 Å². The maximum Gasteiger partial charge on any atom is 0.247 e. The fourth-order valence-corrected chi connectivity index (χ4v) is 6.00. The number of rotatable bonds is 2. The molecule has 2 fully saturated rings. The van der Waals surface area contributed by atoms with E-state index in [0.29, 0.717) is 17.7 Å². The monoisotopic (exact) mass is 453 g/mol. The molecule has 3 aliphatic rings. The van der Waals surface area contributed by atoms with Crippen LogP contribution >= 0.6 is 24.0 Å². The third-order valence-electron chi connectivity index (χ3n) is 7.32. The molecule has 6 rings (SSSR count). The summed E-state index contributed by atoms with van der Waals surface area (Å²) < 4.78 is 0. The van der Waals surface area contributed by atoms with E-state index in [-0.39, 0.29) is 18.3 Å². The van der Waals surface area contributed by atoms with Crippen molar-refractivity contribution >= 4 is 46.4 Å². The van der Waals surface area contributed by atoms with Crippen LogP contribution in [0, 0.1) is 0 Å². The standard InChI is InChI=1S/C25H24ClN3O.ClH/c26-19-7-3-8-20(15-19)29-16-27-24(30)25(29)10-12-28(13-11-25)22-14-18-6-1-4-17-5-2-9-21(22)23(17)18;/h1-9,15,22H,10-14,16H2,(H,27,30);1H. The van der Waals surface area contributed by atoms with Gasteiger partial charge in [-0.3, -0.25) is 9.69 Å². The zero-order valence-corrected chi connectivity index (χ0v) is 18.8. The number of hydrogen-bond acceptors (Lipinski definition) is 3. The Labute approximate surface area is 193 Å². The normalized spacial score (nSPS) is 22.0. The van der Waals surface area contributed by atoms with Gasteiger partial charge >= 0.3 is 0 Å². The van der Waals surface area contributed by atoms with Gasteiger partial charge in [0.15, 0.2) is 0 Å². The number of nitrogens with one attached hydrogen (secondary N) is 1. The molecule has 0 saturated carbocycles. The van der Waals surface area contributed by atoms with E-state index in [9.17, 15) is 4.79 Å². The van der Waals surface area contributed by atoms with Gasteiger partial charge in [-0.05, 0) is 59.4 Å². The van der Waals surface area contributed by atoms with Crippen molar-refractivity contribution in [3.05, 3.63) is 76.8 Å². The fourth-order valence-electron chi connectivity index (χ4n) is 5.82. The minimum absolute atomic E-state index is 0. The fraction of sp³-hybridized carbons (Fsp3) is 0.320. The van der Waals surface area contributed by atoms with Crippen molar-refractivity contribution in [1.82, 2.24) is 10.2 Å². The second-order valence-electron chi connectivity index (χ2n) is 8.72. The molecule has 0 aromatic heterocycles. The molecule has 6 heteroatoms. The van der Waals surface area contributed by atoms with Gasteiger partial charge in [0.25, 0.3) is 0 Å². The Morgan fingerprint density at radius 1 is 1.00 bits per heavy atom. The highest BCUT2D eigenvalue weighted by molar-refractivity contribution is 6.30. The Kier molecular flexibility index (Phi) is 5.12. The van der Waals surface area contributed by atoms with Gasteiger partial charge < -0.3 is 10.2 Å².